The summed E-state index contributed by atoms with van der Waals surface area (Å²) < 4.78 is 10.6. The molecule has 1 amide bonds. The normalized spacial score (nSPS) is 16.7. The number of rotatable bonds is 5. The molecule has 0 atom stereocenters. The predicted octanol–water partition coefficient (Wildman–Crippen LogP) is 3.64. The summed E-state index contributed by atoms with van der Waals surface area (Å²) in [6.45, 7) is 0. The van der Waals surface area contributed by atoms with Crippen LogP contribution in [0.4, 0.5) is 5.69 Å². The molecule has 2 aromatic rings. The van der Waals surface area contributed by atoms with E-state index in [1.165, 1.54) is 22.7 Å². The van der Waals surface area contributed by atoms with Crippen LogP contribution in [0.1, 0.15) is 15.9 Å². The number of ether oxygens (including phenoxy) is 2. The van der Waals surface area contributed by atoms with Gasteiger partial charge in [-0.15, -0.1) is 0 Å². The Morgan fingerprint density at radius 2 is 1.93 bits per heavy atom. The summed E-state index contributed by atoms with van der Waals surface area (Å²) in [4.78, 5) is 30.3. The van der Waals surface area contributed by atoms with Crippen LogP contribution in [-0.4, -0.2) is 48.3 Å². The number of aromatic carboxylic acids is 1. The van der Waals surface area contributed by atoms with Gasteiger partial charge in [0.1, 0.15) is 11.5 Å². The molecule has 1 fully saturated rings. The number of carbonyl (C=O) groups is 2. The van der Waals surface area contributed by atoms with Gasteiger partial charge in [0.15, 0.2) is 5.17 Å². The van der Waals surface area contributed by atoms with Crippen LogP contribution in [-0.2, 0) is 4.79 Å². The number of nitrogens with zero attached hydrogens (tertiary/aromatic N) is 2. The molecule has 1 heterocycles. The minimum absolute atomic E-state index is 0.0725. The van der Waals surface area contributed by atoms with Crippen molar-refractivity contribution >= 4 is 40.6 Å². The Labute approximate surface area is 166 Å². The highest BCUT2D eigenvalue weighted by molar-refractivity contribution is 8.18. The highest BCUT2D eigenvalue weighted by Gasteiger charge is 2.31. The first-order valence-corrected chi connectivity index (χ1v) is 9.07. The van der Waals surface area contributed by atoms with Gasteiger partial charge in [-0.25, -0.2) is 9.79 Å². The Hall–Kier alpha value is -3.26. The number of hydrogen-bond acceptors (Lipinski definition) is 6. The highest BCUT2D eigenvalue weighted by atomic mass is 32.2. The van der Waals surface area contributed by atoms with E-state index in [0.717, 1.165) is 0 Å². The zero-order chi connectivity index (χ0) is 20.3. The quantitative estimate of drug-likeness (QED) is 0.774. The first-order valence-electron chi connectivity index (χ1n) is 8.25. The van der Waals surface area contributed by atoms with Gasteiger partial charge < -0.3 is 14.6 Å². The van der Waals surface area contributed by atoms with Gasteiger partial charge in [0.2, 0.25) is 0 Å². The maximum atomic E-state index is 12.7. The Kier molecular flexibility index (Phi) is 5.70. The minimum Gasteiger partial charge on any atom is -0.497 e. The number of para-hydroxylation sites is 1. The third-order valence-corrected chi connectivity index (χ3v) is 5.14. The molecule has 0 aromatic heterocycles. The fourth-order valence-electron chi connectivity index (χ4n) is 2.60. The third-order valence-electron chi connectivity index (χ3n) is 4.08. The van der Waals surface area contributed by atoms with Crippen LogP contribution in [0.5, 0.6) is 11.5 Å². The Morgan fingerprint density at radius 3 is 2.61 bits per heavy atom. The first kappa shape index (κ1) is 19.5. The number of amides is 1. The number of amidine groups is 1. The van der Waals surface area contributed by atoms with Crippen LogP contribution < -0.4 is 9.47 Å². The molecule has 7 nitrogen and oxygen atoms in total. The summed E-state index contributed by atoms with van der Waals surface area (Å²) >= 11 is 1.17. The number of carbonyl (C=O) groups excluding carboxylic acids is 1. The summed E-state index contributed by atoms with van der Waals surface area (Å²) in [6, 6.07) is 11.7. The summed E-state index contributed by atoms with van der Waals surface area (Å²) in [5, 5.41) is 9.71. The minimum atomic E-state index is -1.08. The molecule has 0 unspecified atom stereocenters. The van der Waals surface area contributed by atoms with E-state index >= 15 is 0 Å². The average molecular weight is 398 g/mol. The van der Waals surface area contributed by atoms with Crippen molar-refractivity contribution in [1.29, 1.82) is 0 Å². The van der Waals surface area contributed by atoms with Gasteiger partial charge in [-0.05, 0) is 48.2 Å². The maximum Gasteiger partial charge on any atom is 0.337 e. The molecule has 0 saturated carbocycles. The molecule has 8 heteroatoms. The lowest BCUT2D eigenvalue weighted by molar-refractivity contribution is -0.121. The monoisotopic (exact) mass is 398 g/mol. The third kappa shape index (κ3) is 3.86. The van der Waals surface area contributed by atoms with Crippen LogP contribution in [0.15, 0.2) is 52.4 Å². The van der Waals surface area contributed by atoms with Gasteiger partial charge in [0.05, 0.1) is 30.4 Å². The number of carboxylic acid groups (broad SMARTS) is 1. The molecule has 1 aliphatic heterocycles. The largest absolute Gasteiger partial charge is 0.497 e. The lowest BCUT2D eigenvalue weighted by Gasteiger charge is -2.08. The lowest BCUT2D eigenvalue weighted by Crippen LogP contribution is -2.23. The molecule has 28 heavy (non-hydrogen) atoms. The number of benzene rings is 2. The van der Waals surface area contributed by atoms with Crippen molar-refractivity contribution in [2.24, 2.45) is 4.99 Å². The number of aliphatic imine (C=N–C) groups is 1. The number of carboxylic acids is 1. The molecule has 2 aromatic carbocycles. The topological polar surface area (TPSA) is 88.4 Å². The first-order chi connectivity index (χ1) is 13.4. The van der Waals surface area contributed by atoms with Crippen LogP contribution in [0.3, 0.4) is 0 Å². The van der Waals surface area contributed by atoms with Crippen molar-refractivity contribution in [2.75, 3.05) is 21.3 Å². The van der Waals surface area contributed by atoms with E-state index in [9.17, 15) is 14.7 Å². The van der Waals surface area contributed by atoms with E-state index in [1.54, 1.807) is 63.7 Å². The molecule has 1 aliphatic rings. The van der Waals surface area contributed by atoms with E-state index in [0.29, 0.717) is 27.1 Å². The van der Waals surface area contributed by atoms with E-state index in [-0.39, 0.29) is 17.2 Å². The molecule has 1 saturated heterocycles. The van der Waals surface area contributed by atoms with Gasteiger partial charge in [-0.1, -0.05) is 12.1 Å². The summed E-state index contributed by atoms with van der Waals surface area (Å²) in [5.74, 6) is -0.0677. The van der Waals surface area contributed by atoms with E-state index in [1.807, 2.05) is 0 Å². The molecule has 1 N–H and O–H groups in total. The Bertz CT molecular complexity index is 1000. The van der Waals surface area contributed by atoms with Crippen molar-refractivity contribution in [3.8, 4) is 11.5 Å². The summed E-state index contributed by atoms with van der Waals surface area (Å²) in [7, 11) is 4.71. The summed E-state index contributed by atoms with van der Waals surface area (Å²) in [5.41, 5.74) is 1.05. The molecule has 0 spiro atoms. The Balaban J connectivity index is 1.99. The number of thioether (sulfide) groups is 1. The van der Waals surface area contributed by atoms with E-state index < -0.39 is 5.97 Å². The summed E-state index contributed by atoms with van der Waals surface area (Å²) in [6.07, 6.45) is 1.70. The lowest BCUT2D eigenvalue weighted by atomic mass is 10.1. The van der Waals surface area contributed by atoms with Crippen molar-refractivity contribution in [3.63, 3.8) is 0 Å². The van der Waals surface area contributed by atoms with Gasteiger partial charge >= 0.3 is 5.97 Å². The smallest absolute Gasteiger partial charge is 0.337 e. The fourth-order valence-corrected chi connectivity index (χ4v) is 3.57. The standard InChI is InChI=1S/C20H18N2O5S/c1-22-18(23)17(11-12-10-13(26-2)8-9-16(12)27-3)28-20(22)21-15-7-5-4-6-14(15)19(24)25/h4-11H,1-3H3,(H,24,25)/b17-11-,21-20?. The number of hydrogen-bond donors (Lipinski definition) is 1. The number of methoxy groups -OCH3 is 2. The number of likely N-dealkylation sites (N-methyl/N-ethyl adjacent to an activating group) is 1. The zero-order valence-electron chi connectivity index (χ0n) is 15.5. The molecule has 144 valence electrons. The van der Waals surface area contributed by atoms with Crippen molar-refractivity contribution in [3.05, 3.63) is 58.5 Å². The van der Waals surface area contributed by atoms with Gasteiger partial charge in [0.25, 0.3) is 5.91 Å². The highest BCUT2D eigenvalue weighted by Crippen LogP contribution is 2.36. The molecule has 3 rings (SSSR count). The molecule has 0 bridgehead atoms. The van der Waals surface area contributed by atoms with E-state index in [4.69, 9.17) is 9.47 Å². The van der Waals surface area contributed by atoms with Crippen molar-refractivity contribution in [1.82, 2.24) is 4.90 Å². The Morgan fingerprint density at radius 1 is 1.18 bits per heavy atom. The van der Waals surface area contributed by atoms with Crippen LogP contribution in [0, 0.1) is 0 Å². The SMILES string of the molecule is COc1ccc(OC)c(/C=C2\SC(=Nc3ccccc3C(=O)O)N(C)C2=O)c1. The van der Waals surface area contributed by atoms with Crippen molar-refractivity contribution in [2.45, 2.75) is 0 Å². The second-order valence-corrected chi connectivity index (χ2v) is 6.81. The van der Waals surface area contributed by atoms with Gasteiger partial charge in [0, 0.05) is 12.6 Å². The van der Waals surface area contributed by atoms with Crippen LogP contribution in [0.2, 0.25) is 0 Å². The van der Waals surface area contributed by atoms with Crippen LogP contribution >= 0.6 is 11.8 Å². The van der Waals surface area contributed by atoms with Gasteiger partial charge in [-0.3, -0.25) is 9.69 Å². The second kappa shape index (κ2) is 8.18. The molecular weight excluding hydrogens is 380 g/mol. The predicted molar refractivity (Wildman–Crippen MR) is 108 cm³/mol. The second-order valence-electron chi connectivity index (χ2n) is 5.80. The van der Waals surface area contributed by atoms with Crippen molar-refractivity contribution < 1.29 is 24.2 Å². The van der Waals surface area contributed by atoms with Crippen LogP contribution in [0.25, 0.3) is 6.08 Å². The zero-order valence-corrected chi connectivity index (χ0v) is 16.3. The molecule has 0 radical (unpaired) electrons. The van der Waals surface area contributed by atoms with Gasteiger partial charge in [-0.2, -0.15) is 0 Å². The van der Waals surface area contributed by atoms with E-state index in [2.05, 4.69) is 4.99 Å². The molecule has 0 aliphatic carbocycles. The maximum absolute atomic E-state index is 12.7. The fraction of sp³-hybridized carbons (Fsp3) is 0.150. The molecular formula is C20H18N2O5S. The average Bonchev–Trinajstić information content (AvgIpc) is 2.96.